The van der Waals surface area contributed by atoms with Crippen molar-refractivity contribution in [1.82, 2.24) is 0 Å². The summed E-state index contributed by atoms with van der Waals surface area (Å²) < 4.78 is 6.95. The van der Waals surface area contributed by atoms with Crippen LogP contribution in [0.5, 0.6) is 0 Å². The number of rotatable bonds is 8. The van der Waals surface area contributed by atoms with Crippen molar-refractivity contribution in [2.75, 3.05) is 9.80 Å². The summed E-state index contributed by atoms with van der Waals surface area (Å²) in [5.41, 5.74) is 13.0. The second-order valence-electron chi connectivity index (χ2n) is 14.9. The third kappa shape index (κ3) is 6.17. The maximum absolute atomic E-state index is 6.95. The Bertz CT molecular complexity index is 3190. The molecule has 0 saturated carbocycles. The van der Waals surface area contributed by atoms with Gasteiger partial charge in [0.2, 0.25) is 0 Å². The van der Waals surface area contributed by atoms with Gasteiger partial charge in [-0.15, -0.1) is 0 Å². The molecular formula is C56H38N2O. The fourth-order valence-electron chi connectivity index (χ4n) is 8.62. The first kappa shape index (κ1) is 34.4. The highest BCUT2D eigenvalue weighted by Crippen LogP contribution is 2.45. The fraction of sp³-hybridized carbons (Fsp3) is 0. The van der Waals surface area contributed by atoms with E-state index in [1.807, 2.05) is 0 Å². The number of furan rings is 1. The minimum atomic E-state index is 0.859. The molecule has 0 unspecified atom stereocenters. The molecule has 11 rings (SSSR count). The first-order valence-electron chi connectivity index (χ1n) is 20.1. The number of hydrogen-bond acceptors (Lipinski definition) is 3. The minimum absolute atomic E-state index is 0.859. The highest BCUT2D eigenvalue weighted by Gasteiger charge is 2.20. The van der Waals surface area contributed by atoms with Gasteiger partial charge in [0.25, 0.3) is 0 Å². The van der Waals surface area contributed by atoms with Gasteiger partial charge < -0.3 is 14.2 Å². The monoisotopic (exact) mass is 754 g/mol. The molecule has 0 atom stereocenters. The van der Waals surface area contributed by atoms with Gasteiger partial charge in [-0.3, -0.25) is 0 Å². The summed E-state index contributed by atoms with van der Waals surface area (Å²) in [5.74, 6) is 0. The number of hydrogen-bond donors (Lipinski definition) is 0. The zero-order chi connectivity index (χ0) is 39.1. The Hall–Kier alpha value is -7.88. The van der Waals surface area contributed by atoms with Gasteiger partial charge >= 0.3 is 0 Å². The maximum Gasteiger partial charge on any atom is 0.143 e. The molecule has 0 saturated heterocycles. The fourth-order valence-corrected chi connectivity index (χ4v) is 8.62. The molecule has 1 aromatic heterocycles. The van der Waals surface area contributed by atoms with E-state index in [9.17, 15) is 0 Å². The molecule has 0 aliphatic rings. The van der Waals surface area contributed by atoms with Crippen molar-refractivity contribution in [2.24, 2.45) is 0 Å². The van der Waals surface area contributed by atoms with Crippen LogP contribution in [0.4, 0.5) is 34.1 Å². The van der Waals surface area contributed by atoms with Crippen LogP contribution in [0.15, 0.2) is 235 Å². The van der Waals surface area contributed by atoms with Gasteiger partial charge in [0.1, 0.15) is 11.2 Å². The molecule has 0 aliphatic heterocycles. The minimum Gasteiger partial charge on any atom is -0.455 e. The molecule has 59 heavy (non-hydrogen) atoms. The molecule has 0 amide bonds. The van der Waals surface area contributed by atoms with Gasteiger partial charge in [0.15, 0.2) is 0 Å². The highest BCUT2D eigenvalue weighted by atomic mass is 16.3. The Morgan fingerprint density at radius 2 is 0.661 bits per heavy atom. The van der Waals surface area contributed by atoms with Crippen LogP contribution in [0.2, 0.25) is 0 Å². The molecule has 3 nitrogen and oxygen atoms in total. The van der Waals surface area contributed by atoms with E-state index in [2.05, 4.69) is 240 Å². The molecule has 0 fully saturated rings. The van der Waals surface area contributed by atoms with E-state index in [-0.39, 0.29) is 0 Å². The van der Waals surface area contributed by atoms with Crippen molar-refractivity contribution in [3.05, 3.63) is 231 Å². The quantitative estimate of drug-likeness (QED) is 0.144. The van der Waals surface area contributed by atoms with E-state index in [1.54, 1.807) is 0 Å². The van der Waals surface area contributed by atoms with E-state index in [0.717, 1.165) is 72.6 Å². The van der Waals surface area contributed by atoms with Crippen molar-refractivity contribution in [3.8, 4) is 22.3 Å². The van der Waals surface area contributed by atoms with E-state index in [0.29, 0.717) is 0 Å². The topological polar surface area (TPSA) is 19.6 Å². The number of anilines is 6. The summed E-state index contributed by atoms with van der Waals surface area (Å²) in [4.78, 5) is 4.59. The van der Waals surface area contributed by atoms with Gasteiger partial charge in [-0.05, 0) is 123 Å². The van der Waals surface area contributed by atoms with Gasteiger partial charge in [-0.1, -0.05) is 140 Å². The first-order valence-corrected chi connectivity index (χ1v) is 20.1. The lowest BCUT2D eigenvalue weighted by Crippen LogP contribution is -2.09. The number of fused-ring (bicyclic) bond motifs is 8. The summed E-state index contributed by atoms with van der Waals surface area (Å²) in [6.07, 6.45) is 0. The lowest BCUT2D eigenvalue weighted by atomic mass is 9.94. The Morgan fingerprint density at radius 1 is 0.254 bits per heavy atom. The Morgan fingerprint density at radius 3 is 1.24 bits per heavy atom. The zero-order valence-electron chi connectivity index (χ0n) is 32.2. The third-order valence-electron chi connectivity index (χ3n) is 11.4. The van der Waals surface area contributed by atoms with Crippen molar-refractivity contribution < 1.29 is 4.42 Å². The number of benzene rings is 10. The molecule has 3 heteroatoms. The lowest BCUT2D eigenvalue weighted by molar-refractivity contribution is 0.673. The van der Waals surface area contributed by atoms with Crippen LogP contribution >= 0.6 is 0 Å². The van der Waals surface area contributed by atoms with E-state index < -0.39 is 0 Å². The van der Waals surface area contributed by atoms with Gasteiger partial charge in [0.05, 0.1) is 0 Å². The predicted molar refractivity (Wildman–Crippen MR) is 249 cm³/mol. The second-order valence-corrected chi connectivity index (χ2v) is 14.9. The third-order valence-corrected chi connectivity index (χ3v) is 11.4. The summed E-state index contributed by atoms with van der Waals surface area (Å²) in [7, 11) is 0. The lowest BCUT2D eigenvalue weighted by Gasteiger charge is -2.25. The molecule has 11 aromatic rings. The molecule has 0 spiro atoms. The van der Waals surface area contributed by atoms with Crippen molar-refractivity contribution in [1.29, 1.82) is 0 Å². The highest BCUT2D eigenvalue weighted by molar-refractivity contribution is 6.30. The van der Waals surface area contributed by atoms with Gasteiger partial charge in [-0.2, -0.15) is 0 Å². The van der Waals surface area contributed by atoms with E-state index in [4.69, 9.17) is 4.42 Å². The van der Waals surface area contributed by atoms with Crippen molar-refractivity contribution in [2.45, 2.75) is 0 Å². The van der Waals surface area contributed by atoms with E-state index in [1.165, 1.54) is 27.3 Å². The standard InChI is InChI=1S/C56H38N2O/c1-5-15-39(16-6-1)40-25-30-47(31-26-40)58(45-21-11-4-12-22-45)48-34-36-52-54(38-48)59-56-51-35-29-42(37-53(51)49-23-13-14-24-50(49)55(52)56)41-27-32-46(33-28-41)57(43-17-7-2-8-18-43)44-19-9-3-10-20-44/h1-38H. The van der Waals surface area contributed by atoms with Crippen LogP contribution in [-0.2, 0) is 0 Å². The smallest absolute Gasteiger partial charge is 0.143 e. The summed E-state index contributed by atoms with van der Waals surface area (Å²) >= 11 is 0. The van der Waals surface area contributed by atoms with Crippen LogP contribution in [-0.4, -0.2) is 0 Å². The molecular weight excluding hydrogens is 717 g/mol. The first-order chi connectivity index (χ1) is 29.3. The predicted octanol–water partition coefficient (Wildman–Crippen LogP) is 16.2. The van der Waals surface area contributed by atoms with Crippen LogP contribution in [0, 0.1) is 0 Å². The average molecular weight is 755 g/mol. The largest absolute Gasteiger partial charge is 0.455 e. The second kappa shape index (κ2) is 14.6. The van der Waals surface area contributed by atoms with Gasteiger partial charge in [0, 0.05) is 56.3 Å². The number of para-hydroxylation sites is 3. The SMILES string of the molecule is c1ccc(-c2ccc(N(c3ccccc3)c3ccc4c(c3)oc3c5ccc(-c6ccc(N(c7ccccc7)c7ccccc7)cc6)cc5c5ccccc5c43)cc2)cc1. The molecule has 10 aromatic carbocycles. The van der Waals surface area contributed by atoms with Crippen LogP contribution < -0.4 is 9.80 Å². The zero-order valence-corrected chi connectivity index (χ0v) is 32.2. The average Bonchev–Trinajstić information content (AvgIpc) is 3.70. The normalized spacial score (nSPS) is 11.4. The maximum atomic E-state index is 6.95. The Balaban J connectivity index is 1.01. The summed E-state index contributed by atoms with van der Waals surface area (Å²) in [6.45, 7) is 0. The summed E-state index contributed by atoms with van der Waals surface area (Å²) in [5, 5.41) is 6.93. The van der Waals surface area contributed by atoms with Crippen LogP contribution in [0.25, 0.3) is 65.7 Å². The van der Waals surface area contributed by atoms with Gasteiger partial charge in [-0.25, -0.2) is 0 Å². The van der Waals surface area contributed by atoms with E-state index >= 15 is 0 Å². The molecule has 0 radical (unpaired) electrons. The van der Waals surface area contributed by atoms with Crippen molar-refractivity contribution in [3.63, 3.8) is 0 Å². The Labute approximate surface area is 343 Å². The van der Waals surface area contributed by atoms with Crippen molar-refractivity contribution >= 4 is 77.6 Å². The number of nitrogens with zero attached hydrogens (tertiary/aromatic N) is 2. The molecule has 0 bridgehead atoms. The van der Waals surface area contributed by atoms with Crippen LogP contribution in [0.1, 0.15) is 0 Å². The molecule has 0 aliphatic carbocycles. The molecule has 278 valence electrons. The van der Waals surface area contributed by atoms with Crippen LogP contribution in [0.3, 0.4) is 0 Å². The summed E-state index contributed by atoms with van der Waals surface area (Å²) in [6, 6.07) is 82.0. The molecule has 0 N–H and O–H groups in total. The molecule has 1 heterocycles. The Kier molecular flexibility index (Phi) is 8.49.